The van der Waals surface area contributed by atoms with Crippen LogP contribution in [0, 0.1) is 0 Å². The van der Waals surface area contributed by atoms with Crippen LogP contribution in [-0.2, 0) is 6.54 Å². The average Bonchev–Trinajstić information content (AvgIpc) is 2.31. The Morgan fingerprint density at radius 1 is 1.12 bits per heavy atom. The number of nitrogens with zero attached hydrogens (tertiary/aromatic N) is 1. The largest absolute Gasteiger partial charge is 0.326 e. The highest BCUT2D eigenvalue weighted by Gasteiger charge is 2.02. The number of benzene rings is 1. The minimum absolute atomic E-state index is 0.542. The lowest BCUT2D eigenvalue weighted by Gasteiger charge is -2.04. The summed E-state index contributed by atoms with van der Waals surface area (Å²) in [6.45, 7) is 0.542. The molecule has 2 N–H and O–H groups in total. The minimum Gasteiger partial charge on any atom is -0.326 e. The fraction of sp³-hybridized carbons (Fsp3) is 0.0833. The maximum absolute atomic E-state index is 5.65. The first-order valence-corrected chi connectivity index (χ1v) is 7.36. The van der Waals surface area contributed by atoms with Crippen molar-refractivity contribution in [2.45, 2.75) is 16.5 Å². The summed E-state index contributed by atoms with van der Waals surface area (Å²) < 4.78 is 2.03. The number of halogens is 2. The fourth-order valence-corrected chi connectivity index (χ4v) is 3.15. The molecule has 2 nitrogen and oxygen atoms in total. The van der Waals surface area contributed by atoms with Crippen molar-refractivity contribution < 1.29 is 0 Å². The molecule has 88 valence electrons. The second kappa shape index (κ2) is 6.00. The summed E-state index contributed by atoms with van der Waals surface area (Å²) in [6, 6.07) is 10.1. The molecule has 0 amide bonds. The first kappa shape index (κ1) is 13.1. The lowest BCUT2D eigenvalue weighted by molar-refractivity contribution is 1.05. The number of rotatable bonds is 3. The van der Waals surface area contributed by atoms with Crippen LogP contribution in [0.4, 0.5) is 0 Å². The SMILES string of the molecule is NCc1cc(Br)cc(Sc2ccc(Br)cn2)c1. The van der Waals surface area contributed by atoms with Crippen LogP contribution in [0.25, 0.3) is 0 Å². The molecular weight excluding hydrogens is 364 g/mol. The molecule has 2 aromatic rings. The molecule has 0 aliphatic carbocycles. The molecule has 0 saturated carbocycles. The average molecular weight is 374 g/mol. The monoisotopic (exact) mass is 372 g/mol. The second-order valence-corrected chi connectivity index (χ2v) is 6.34. The van der Waals surface area contributed by atoms with Crippen molar-refractivity contribution in [1.82, 2.24) is 4.98 Å². The van der Waals surface area contributed by atoms with Gasteiger partial charge in [0.25, 0.3) is 0 Å². The van der Waals surface area contributed by atoms with E-state index in [2.05, 4.69) is 49.0 Å². The van der Waals surface area contributed by atoms with Gasteiger partial charge in [0.05, 0.1) is 0 Å². The third-order valence-corrected chi connectivity index (χ3v) is 3.94. The second-order valence-electron chi connectivity index (χ2n) is 3.42. The fourth-order valence-electron chi connectivity index (χ4n) is 1.34. The first-order chi connectivity index (χ1) is 8.17. The number of aromatic nitrogens is 1. The summed E-state index contributed by atoms with van der Waals surface area (Å²) in [6.07, 6.45) is 1.80. The van der Waals surface area contributed by atoms with Gasteiger partial charge in [0.15, 0.2) is 0 Å². The molecule has 0 radical (unpaired) electrons. The van der Waals surface area contributed by atoms with Crippen molar-refractivity contribution in [2.24, 2.45) is 5.73 Å². The third-order valence-electron chi connectivity index (χ3n) is 2.09. The van der Waals surface area contributed by atoms with E-state index in [-0.39, 0.29) is 0 Å². The Labute approximate surface area is 121 Å². The van der Waals surface area contributed by atoms with Gasteiger partial charge < -0.3 is 5.73 Å². The zero-order valence-electron chi connectivity index (χ0n) is 8.86. The van der Waals surface area contributed by atoms with Gasteiger partial charge in [-0.1, -0.05) is 27.7 Å². The van der Waals surface area contributed by atoms with Gasteiger partial charge in [-0.2, -0.15) is 0 Å². The predicted octanol–water partition coefficient (Wildman–Crippen LogP) is 4.22. The van der Waals surface area contributed by atoms with Crippen molar-refractivity contribution in [1.29, 1.82) is 0 Å². The summed E-state index contributed by atoms with van der Waals surface area (Å²) in [5.41, 5.74) is 6.76. The molecular formula is C12H10Br2N2S. The van der Waals surface area contributed by atoms with Crippen LogP contribution in [-0.4, -0.2) is 4.98 Å². The van der Waals surface area contributed by atoms with Crippen molar-refractivity contribution in [3.05, 3.63) is 51.0 Å². The van der Waals surface area contributed by atoms with Crippen molar-refractivity contribution >= 4 is 43.6 Å². The lowest BCUT2D eigenvalue weighted by atomic mass is 10.2. The molecule has 0 spiro atoms. The van der Waals surface area contributed by atoms with E-state index in [1.54, 1.807) is 18.0 Å². The topological polar surface area (TPSA) is 38.9 Å². The maximum Gasteiger partial charge on any atom is 0.101 e. The Bertz CT molecular complexity index is 514. The normalized spacial score (nSPS) is 10.5. The summed E-state index contributed by atoms with van der Waals surface area (Å²) in [7, 11) is 0. The molecule has 0 fully saturated rings. The van der Waals surface area contributed by atoms with E-state index in [9.17, 15) is 0 Å². The Kier molecular flexibility index (Phi) is 4.62. The summed E-state index contributed by atoms with van der Waals surface area (Å²) in [4.78, 5) is 5.46. The van der Waals surface area contributed by atoms with Crippen molar-refractivity contribution in [2.75, 3.05) is 0 Å². The van der Waals surface area contributed by atoms with E-state index in [1.807, 2.05) is 18.2 Å². The Hall–Kier alpha value is -0.360. The van der Waals surface area contributed by atoms with Gasteiger partial charge in [0, 0.05) is 26.6 Å². The number of hydrogen-bond acceptors (Lipinski definition) is 3. The molecule has 2 rings (SSSR count). The summed E-state index contributed by atoms with van der Waals surface area (Å²) in [5.74, 6) is 0. The summed E-state index contributed by atoms with van der Waals surface area (Å²) in [5, 5.41) is 0.967. The number of nitrogens with two attached hydrogens (primary N) is 1. The molecule has 17 heavy (non-hydrogen) atoms. The van der Waals surface area contributed by atoms with Crippen molar-refractivity contribution in [3.63, 3.8) is 0 Å². The van der Waals surface area contributed by atoms with Crippen LogP contribution in [0.15, 0.2) is 55.4 Å². The Morgan fingerprint density at radius 2 is 1.94 bits per heavy atom. The minimum atomic E-state index is 0.542. The van der Waals surface area contributed by atoms with E-state index in [0.29, 0.717) is 6.54 Å². The van der Waals surface area contributed by atoms with Gasteiger partial charge in [-0.3, -0.25) is 0 Å². The number of hydrogen-bond donors (Lipinski definition) is 1. The molecule has 0 bridgehead atoms. The molecule has 0 aliphatic rings. The first-order valence-electron chi connectivity index (χ1n) is 4.96. The van der Waals surface area contributed by atoms with Crippen LogP contribution in [0.1, 0.15) is 5.56 Å². The molecule has 1 aromatic heterocycles. The van der Waals surface area contributed by atoms with Crippen molar-refractivity contribution in [3.8, 4) is 0 Å². The molecule has 1 heterocycles. The van der Waals surface area contributed by atoms with E-state index < -0.39 is 0 Å². The van der Waals surface area contributed by atoms with Gasteiger partial charge in [0.2, 0.25) is 0 Å². The van der Waals surface area contributed by atoms with E-state index in [1.165, 1.54) is 0 Å². The quantitative estimate of drug-likeness (QED) is 0.875. The van der Waals surface area contributed by atoms with Gasteiger partial charge >= 0.3 is 0 Å². The number of pyridine rings is 1. The predicted molar refractivity (Wildman–Crippen MR) is 78.1 cm³/mol. The maximum atomic E-state index is 5.65. The summed E-state index contributed by atoms with van der Waals surface area (Å²) >= 11 is 8.47. The molecule has 0 saturated heterocycles. The molecule has 0 atom stereocenters. The van der Waals surface area contributed by atoms with Crippen LogP contribution < -0.4 is 5.73 Å². The van der Waals surface area contributed by atoms with E-state index in [0.717, 1.165) is 24.4 Å². The highest BCUT2D eigenvalue weighted by molar-refractivity contribution is 9.10. The van der Waals surface area contributed by atoms with Crippen LogP contribution in [0.2, 0.25) is 0 Å². The Balaban J connectivity index is 2.23. The van der Waals surface area contributed by atoms with Gasteiger partial charge in [0.1, 0.15) is 5.03 Å². The molecule has 1 aromatic carbocycles. The highest BCUT2D eigenvalue weighted by Crippen LogP contribution is 2.29. The highest BCUT2D eigenvalue weighted by atomic mass is 79.9. The zero-order valence-corrected chi connectivity index (χ0v) is 12.8. The zero-order chi connectivity index (χ0) is 12.3. The van der Waals surface area contributed by atoms with Crippen LogP contribution >= 0.6 is 43.6 Å². The smallest absolute Gasteiger partial charge is 0.101 e. The standard InChI is InChI=1S/C12H10Br2N2S/c13-9-1-2-12(16-7-9)17-11-4-8(6-15)3-10(14)5-11/h1-5,7H,6,15H2. The molecule has 0 aliphatic heterocycles. The van der Waals surface area contributed by atoms with E-state index in [4.69, 9.17) is 5.73 Å². The van der Waals surface area contributed by atoms with Crippen LogP contribution in [0.3, 0.4) is 0 Å². The Morgan fingerprint density at radius 3 is 2.59 bits per heavy atom. The van der Waals surface area contributed by atoms with Gasteiger partial charge in [-0.25, -0.2) is 4.98 Å². The van der Waals surface area contributed by atoms with Gasteiger partial charge in [-0.15, -0.1) is 0 Å². The molecule has 0 unspecified atom stereocenters. The van der Waals surface area contributed by atoms with Crippen LogP contribution in [0.5, 0.6) is 0 Å². The molecule has 5 heteroatoms. The van der Waals surface area contributed by atoms with E-state index >= 15 is 0 Å². The third kappa shape index (κ3) is 3.81. The van der Waals surface area contributed by atoms with Gasteiger partial charge in [-0.05, 0) is 51.8 Å². The lowest BCUT2D eigenvalue weighted by Crippen LogP contribution is -1.96.